The largest absolute Gasteiger partial charge is 0.497 e. The first-order valence-corrected chi connectivity index (χ1v) is 8.61. The van der Waals surface area contributed by atoms with Crippen LogP contribution in [-0.4, -0.2) is 46.4 Å². The lowest BCUT2D eigenvalue weighted by atomic mass is 10.1. The van der Waals surface area contributed by atoms with E-state index in [0.717, 1.165) is 0 Å². The van der Waals surface area contributed by atoms with Crippen molar-refractivity contribution in [3.63, 3.8) is 0 Å². The van der Waals surface area contributed by atoms with Crippen LogP contribution in [0.25, 0.3) is 0 Å². The van der Waals surface area contributed by atoms with Gasteiger partial charge in [-0.25, -0.2) is 4.79 Å². The Bertz CT molecular complexity index is 820. The lowest BCUT2D eigenvalue weighted by molar-refractivity contribution is 0.0601. The molecule has 0 saturated carbocycles. The third-order valence-corrected chi connectivity index (χ3v) is 3.96. The van der Waals surface area contributed by atoms with Gasteiger partial charge in [-0.05, 0) is 30.7 Å². The first-order chi connectivity index (χ1) is 13.5. The SMILES string of the molecule is COC(=O)c1cc(OCCCNC(=O)c2ccc(OC)cc2)c(OC)cc1N. The molecule has 2 aromatic carbocycles. The number of methoxy groups -OCH3 is 3. The lowest BCUT2D eigenvalue weighted by Crippen LogP contribution is -2.25. The van der Waals surface area contributed by atoms with E-state index < -0.39 is 5.97 Å². The summed E-state index contributed by atoms with van der Waals surface area (Å²) in [5.41, 5.74) is 6.82. The molecule has 0 fully saturated rings. The predicted octanol–water partition coefficient (Wildman–Crippen LogP) is 2.27. The molecule has 0 heterocycles. The molecular weight excluding hydrogens is 364 g/mol. The number of amides is 1. The van der Waals surface area contributed by atoms with E-state index in [2.05, 4.69) is 5.32 Å². The van der Waals surface area contributed by atoms with Crippen molar-refractivity contribution in [1.82, 2.24) is 5.32 Å². The average molecular weight is 388 g/mol. The van der Waals surface area contributed by atoms with Crippen molar-refractivity contribution in [2.45, 2.75) is 6.42 Å². The zero-order valence-electron chi connectivity index (χ0n) is 16.1. The fourth-order valence-corrected chi connectivity index (χ4v) is 2.44. The summed E-state index contributed by atoms with van der Waals surface area (Å²) in [5.74, 6) is 0.733. The van der Waals surface area contributed by atoms with E-state index in [1.54, 1.807) is 31.4 Å². The van der Waals surface area contributed by atoms with Crippen molar-refractivity contribution >= 4 is 17.6 Å². The number of hydrogen-bond donors (Lipinski definition) is 2. The molecule has 3 N–H and O–H groups in total. The molecule has 0 aromatic heterocycles. The molecule has 8 nitrogen and oxygen atoms in total. The van der Waals surface area contributed by atoms with E-state index in [4.69, 9.17) is 24.7 Å². The molecule has 1 amide bonds. The van der Waals surface area contributed by atoms with Crippen molar-refractivity contribution in [2.24, 2.45) is 0 Å². The Hall–Kier alpha value is -3.42. The van der Waals surface area contributed by atoms with Gasteiger partial charge in [0.05, 0.1) is 39.2 Å². The van der Waals surface area contributed by atoms with E-state index in [-0.39, 0.29) is 17.2 Å². The number of nitrogens with one attached hydrogen (secondary N) is 1. The summed E-state index contributed by atoms with van der Waals surface area (Å²) in [4.78, 5) is 23.8. The molecule has 0 spiro atoms. The number of carbonyl (C=O) groups is 2. The maximum atomic E-state index is 12.1. The number of anilines is 1. The normalized spacial score (nSPS) is 10.1. The van der Waals surface area contributed by atoms with Crippen molar-refractivity contribution in [2.75, 3.05) is 40.2 Å². The van der Waals surface area contributed by atoms with Crippen LogP contribution in [-0.2, 0) is 4.74 Å². The smallest absolute Gasteiger partial charge is 0.340 e. The highest BCUT2D eigenvalue weighted by Crippen LogP contribution is 2.32. The minimum atomic E-state index is -0.559. The molecule has 0 saturated heterocycles. The van der Waals surface area contributed by atoms with Crippen LogP contribution in [0.4, 0.5) is 5.69 Å². The molecule has 0 bridgehead atoms. The molecule has 8 heteroatoms. The highest BCUT2D eigenvalue weighted by Gasteiger charge is 2.16. The lowest BCUT2D eigenvalue weighted by Gasteiger charge is -2.14. The summed E-state index contributed by atoms with van der Waals surface area (Å²) in [7, 11) is 4.33. The summed E-state index contributed by atoms with van der Waals surface area (Å²) < 4.78 is 20.7. The third-order valence-electron chi connectivity index (χ3n) is 3.96. The van der Waals surface area contributed by atoms with Crippen molar-refractivity contribution in [1.29, 1.82) is 0 Å². The second-order valence-corrected chi connectivity index (χ2v) is 5.77. The van der Waals surface area contributed by atoms with Crippen LogP contribution in [0.15, 0.2) is 36.4 Å². The van der Waals surface area contributed by atoms with Gasteiger partial charge in [0.15, 0.2) is 11.5 Å². The van der Waals surface area contributed by atoms with Gasteiger partial charge in [-0.15, -0.1) is 0 Å². The molecule has 2 aromatic rings. The zero-order chi connectivity index (χ0) is 20.5. The number of nitrogen functional groups attached to an aromatic ring is 1. The van der Waals surface area contributed by atoms with Gasteiger partial charge in [-0.2, -0.15) is 0 Å². The molecule has 0 unspecified atom stereocenters. The Morgan fingerprint density at radius 1 is 1.00 bits per heavy atom. The fraction of sp³-hybridized carbons (Fsp3) is 0.300. The van der Waals surface area contributed by atoms with Gasteiger partial charge >= 0.3 is 5.97 Å². The van der Waals surface area contributed by atoms with E-state index >= 15 is 0 Å². The average Bonchev–Trinajstić information content (AvgIpc) is 2.73. The van der Waals surface area contributed by atoms with E-state index in [0.29, 0.717) is 42.4 Å². The molecule has 0 aliphatic heterocycles. The molecule has 2 rings (SSSR count). The maximum Gasteiger partial charge on any atom is 0.340 e. The fourth-order valence-electron chi connectivity index (χ4n) is 2.44. The van der Waals surface area contributed by atoms with Gasteiger partial charge in [0.2, 0.25) is 0 Å². The van der Waals surface area contributed by atoms with Crippen molar-refractivity contribution in [3.8, 4) is 17.2 Å². The second kappa shape index (κ2) is 10.1. The molecule has 150 valence electrons. The van der Waals surface area contributed by atoms with Crippen LogP contribution in [0.5, 0.6) is 17.2 Å². The standard InChI is InChI=1S/C20H24N2O6/c1-25-14-7-5-13(6-8-14)19(23)22-9-4-10-28-18-11-15(20(24)27-3)16(21)12-17(18)26-2/h5-8,11-12H,4,9-10,21H2,1-3H3,(H,22,23). The summed E-state index contributed by atoms with van der Waals surface area (Å²) >= 11 is 0. The van der Waals surface area contributed by atoms with E-state index in [9.17, 15) is 9.59 Å². The zero-order valence-corrected chi connectivity index (χ0v) is 16.1. The summed E-state index contributed by atoms with van der Waals surface area (Å²) in [5, 5.41) is 2.81. The van der Waals surface area contributed by atoms with Gasteiger partial charge in [-0.1, -0.05) is 0 Å². The number of esters is 1. The van der Waals surface area contributed by atoms with E-state index in [1.807, 2.05) is 0 Å². The number of hydrogen-bond acceptors (Lipinski definition) is 7. The Morgan fingerprint density at radius 2 is 1.71 bits per heavy atom. The minimum Gasteiger partial charge on any atom is -0.497 e. The molecule has 0 atom stereocenters. The topological polar surface area (TPSA) is 109 Å². The summed E-state index contributed by atoms with van der Waals surface area (Å²) in [6.07, 6.45) is 0.559. The van der Waals surface area contributed by atoms with Crippen LogP contribution in [0.2, 0.25) is 0 Å². The molecule has 28 heavy (non-hydrogen) atoms. The quantitative estimate of drug-likeness (QED) is 0.385. The second-order valence-electron chi connectivity index (χ2n) is 5.77. The Kier molecular flexibility index (Phi) is 7.50. The van der Waals surface area contributed by atoms with Gasteiger partial charge in [0.1, 0.15) is 5.75 Å². The van der Waals surface area contributed by atoms with Crippen molar-refractivity contribution in [3.05, 3.63) is 47.5 Å². The van der Waals surface area contributed by atoms with Crippen molar-refractivity contribution < 1.29 is 28.5 Å². The maximum absolute atomic E-state index is 12.1. The van der Waals surface area contributed by atoms with Gasteiger partial charge < -0.3 is 30.0 Å². The van der Waals surface area contributed by atoms with Gasteiger partial charge in [-0.3, -0.25) is 4.79 Å². The number of rotatable bonds is 9. The Labute approximate surface area is 163 Å². The van der Waals surface area contributed by atoms with Crippen LogP contribution in [0.3, 0.4) is 0 Å². The number of nitrogens with two attached hydrogens (primary N) is 1. The number of benzene rings is 2. The predicted molar refractivity (Wildman–Crippen MR) is 104 cm³/mol. The van der Waals surface area contributed by atoms with E-state index in [1.165, 1.54) is 26.4 Å². The first kappa shape index (κ1) is 20.9. The van der Waals surface area contributed by atoms with Crippen LogP contribution in [0, 0.1) is 0 Å². The molecule has 0 radical (unpaired) electrons. The van der Waals surface area contributed by atoms with Gasteiger partial charge in [0.25, 0.3) is 5.91 Å². The molecule has 0 aliphatic carbocycles. The molecule has 0 aliphatic rings. The Balaban J connectivity index is 1.87. The first-order valence-electron chi connectivity index (χ1n) is 8.61. The highest BCUT2D eigenvalue weighted by molar-refractivity contribution is 5.96. The summed E-state index contributed by atoms with van der Waals surface area (Å²) in [6.45, 7) is 0.732. The van der Waals surface area contributed by atoms with Crippen LogP contribution >= 0.6 is 0 Å². The van der Waals surface area contributed by atoms with Crippen LogP contribution in [0.1, 0.15) is 27.1 Å². The van der Waals surface area contributed by atoms with Gasteiger partial charge in [0, 0.05) is 24.2 Å². The third kappa shape index (κ3) is 5.29. The summed E-state index contributed by atoms with van der Waals surface area (Å²) in [6, 6.07) is 9.83. The molecular formula is C20H24N2O6. The van der Waals surface area contributed by atoms with Crippen LogP contribution < -0.4 is 25.3 Å². The number of ether oxygens (including phenoxy) is 4. The Morgan fingerprint density at radius 3 is 2.32 bits per heavy atom. The monoisotopic (exact) mass is 388 g/mol. The number of carbonyl (C=O) groups excluding carboxylic acids is 2. The highest BCUT2D eigenvalue weighted by atomic mass is 16.5. The minimum absolute atomic E-state index is 0.180.